The van der Waals surface area contributed by atoms with E-state index in [1.807, 2.05) is 12.1 Å². The number of hydrogen-bond acceptors (Lipinski definition) is 1. The number of rotatable bonds is 1. The van der Waals surface area contributed by atoms with E-state index >= 15 is 0 Å². The number of ether oxygens (including phenoxy) is 1. The minimum atomic E-state index is 0.0417. The minimum absolute atomic E-state index is 0.0417. The zero-order chi connectivity index (χ0) is 15.3. The van der Waals surface area contributed by atoms with Gasteiger partial charge in [0, 0.05) is 11.1 Å². The Hall–Kier alpha value is 0.746. The lowest BCUT2D eigenvalue weighted by molar-refractivity contribution is 0.381. The summed E-state index contributed by atoms with van der Waals surface area (Å²) >= 11 is 6.44. The Morgan fingerprint density at radius 1 is 0.947 bits per heavy atom. The molecule has 105 valence electrons. The van der Waals surface area contributed by atoms with Gasteiger partial charge in [-0.05, 0) is 29.0 Å². The van der Waals surface area contributed by atoms with Crippen LogP contribution in [0.25, 0.3) is 0 Å². The van der Waals surface area contributed by atoms with Gasteiger partial charge in [0.05, 0.1) is 7.11 Å². The van der Waals surface area contributed by atoms with Crippen molar-refractivity contribution < 1.29 is 4.74 Å². The van der Waals surface area contributed by atoms with Gasteiger partial charge in [0.15, 0.2) is 0 Å². The van der Waals surface area contributed by atoms with Crippen molar-refractivity contribution >= 4 is 41.8 Å². The summed E-state index contributed by atoms with van der Waals surface area (Å²) in [6.45, 7) is 13.2. The van der Waals surface area contributed by atoms with Gasteiger partial charge in [-0.15, -0.1) is 0 Å². The first kappa shape index (κ1) is 19.7. The average molecular weight is 403 g/mol. The third-order valence-electron chi connectivity index (χ3n) is 2.76. The second-order valence-corrected chi connectivity index (χ2v) is 14.5. The van der Waals surface area contributed by atoms with Crippen molar-refractivity contribution in [3.63, 3.8) is 0 Å². The molecule has 0 heterocycles. The molecule has 1 rings (SSSR count). The maximum Gasteiger partial charge on any atom is 0.560 e. The van der Waals surface area contributed by atoms with Gasteiger partial charge in [-0.25, -0.2) is 0 Å². The van der Waals surface area contributed by atoms with Crippen LogP contribution in [0, 0.1) is 6.07 Å². The lowest BCUT2D eigenvalue weighted by atomic mass is 9.79. The van der Waals surface area contributed by atoms with Crippen LogP contribution >= 0.6 is 25.8 Å². The molecule has 19 heavy (non-hydrogen) atoms. The van der Waals surface area contributed by atoms with Crippen LogP contribution in [0.15, 0.2) is 12.1 Å². The maximum absolute atomic E-state index is 5.61. The lowest BCUT2D eigenvalue weighted by Crippen LogP contribution is -2.18. The fraction of sp³-hybridized carbons (Fsp3) is 0.600. The Morgan fingerprint density at radius 2 is 1.26 bits per heavy atom. The number of benzene rings is 1. The highest BCUT2D eigenvalue weighted by Gasteiger charge is 2.25. The highest BCUT2D eigenvalue weighted by atomic mass is 79.9. The molecular formula is C15H23Br2MgO. The van der Waals surface area contributed by atoms with E-state index in [2.05, 4.69) is 73.4 Å². The van der Waals surface area contributed by atoms with Crippen LogP contribution in [0.3, 0.4) is 0 Å². The fourth-order valence-electron chi connectivity index (χ4n) is 1.82. The lowest BCUT2D eigenvalue weighted by Gasteiger charge is -2.28. The molecule has 0 saturated heterocycles. The van der Waals surface area contributed by atoms with Gasteiger partial charge in [-0.1, -0.05) is 41.5 Å². The molecule has 0 spiro atoms. The smallest absolute Gasteiger partial charge is 0.496 e. The summed E-state index contributed by atoms with van der Waals surface area (Å²) in [5.41, 5.74) is 2.62. The van der Waals surface area contributed by atoms with E-state index in [4.69, 9.17) is 4.74 Å². The Balaban J connectivity index is 0.000000982. The molecule has 0 bridgehead atoms. The summed E-state index contributed by atoms with van der Waals surface area (Å²) in [6.07, 6.45) is 0. The minimum Gasteiger partial charge on any atom is -0.496 e. The standard InChI is InChI=1S/C15H23O.2BrH.Mg/c1-14(2,3)11-9-8-10-12(13(11)16-7)15(4,5)6;;;/h9-10H,1-7H3;2*1H;/q;;;+2/p-2. The molecular weight excluding hydrogens is 380 g/mol. The van der Waals surface area contributed by atoms with Gasteiger partial charge in [0.1, 0.15) is 5.75 Å². The Bertz CT molecular complexity index is 360. The number of methoxy groups -OCH3 is 1. The van der Waals surface area contributed by atoms with E-state index in [0.29, 0.717) is 0 Å². The molecule has 1 radical (unpaired) electrons. The predicted molar refractivity (Wildman–Crippen MR) is 92.8 cm³/mol. The summed E-state index contributed by atoms with van der Waals surface area (Å²) in [5, 5.41) is 0. The van der Waals surface area contributed by atoms with E-state index in [9.17, 15) is 0 Å². The van der Waals surface area contributed by atoms with Crippen LogP contribution < -0.4 is 4.74 Å². The third kappa shape index (κ3) is 6.36. The van der Waals surface area contributed by atoms with Crippen molar-refractivity contribution in [1.82, 2.24) is 0 Å². The van der Waals surface area contributed by atoms with Crippen molar-refractivity contribution in [3.05, 3.63) is 29.3 Å². The monoisotopic (exact) mass is 401 g/mol. The van der Waals surface area contributed by atoms with Crippen LogP contribution in [-0.2, 0) is 10.8 Å². The Morgan fingerprint density at radius 3 is 1.47 bits per heavy atom. The zero-order valence-corrected chi connectivity index (χ0v) is 17.6. The maximum atomic E-state index is 5.61. The van der Waals surface area contributed by atoms with E-state index in [0.717, 1.165) is 5.75 Å². The first-order valence-corrected chi connectivity index (χ1v) is 14.1. The van der Waals surface area contributed by atoms with Crippen LogP contribution in [0.4, 0.5) is 0 Å². The summed E-state index contributed by atoms with van der Waals surface area (Å²) in [7, 11) is 1.75. The van der Waals surface area contributed by atoms with Crippen molar-refractivity contribution in [1.29, 1.82) is 0 Å². The van der Waals surface area contributed by atoms with Gasteiger partial charge in [-0.3, -0.25) is 25.8 Å². The van der Waals surface area contributed by atoms with E-state index < -0.39 is 0 Å². The normalized spacial score (nSPS) is 11.2. The Labute approximate surface area is 140 Å². The van der Waals surface area contributed by atoms with Gasteiger partial charge < -0.3 is 4.74 Å². The summed E-state index contributed by atoms with van der Waals surface area (Å²) in [6, 6.07) is 7.31. The fourth-order valence-corrected chi connectivity index (χ4v) is 1.82. The molecule has 0 unspecified atom stereocenters. The second-order valence-electron chi connectivity index (χ2n) is 6.42. The Kier molecular flexibility index (Phi) is 8.58. The van der Waals surface area contributed by atoms with Crippen molar-refractivity contribution in [3.8, 4) is 5.75 Å². The van der Waals surface area contributed by atoms with Crippen LogP contribution in [-0.4, -0.2) is 23.1 Å². The predicted octanol–water partition coefficient (Wildman–Crippen LogP) is 5.40. The highest BCUT2D eigenvalue weighted by Crippen LogP contribution is 2.38. The number of halogens is 2. The molecule has 0 amide bonds. The average Bonchev–Trinajstić information content (AvgIpc) is 2.26. The molecule has 0 atom stereocenters. The topological polar surface area (TPSA) is 9.23 Å². The first-order chi connectivity index (χ1) is 8.59. The number of hydrogen-bond donors (Lipinski definition) is 0. The van der Waals surface area contributed by atoms with Gasteiger partial charge >= 0.3 is 16.0 Å². The van der Waals surface area contributed by atoms with Gasteiger partial charge in [-0.2, -0.15) is 0 Å². The quantitative estimate of drug-likeness (QED) is 0.571. The van der Waals surface area contributed by atoms with Crippen molar-refractivity contribution in [2.75, 3.05) is 7.11 Å². The van der Waals surface area contributed by atoms with Crippen LogP contribution in [0.2, 0.25) is 0 Å². The van der Waals surface area contributed by atoms with Crippen LogP contribution in [0.1, 0.15) is 52.7 Å². The molecule has 1 aromatic rings. The molecule has 0 aromatic heterocycles. The van der Waals surface area contributed by atoms with Gasteiger partial charge in [0.25, 0.3) is 0 Å². The molecule has 0 aliphatic rings. The molecule has 0 aliphatic carbocycles. The highest BCUT2D eigenvalue weighted by molar-refractivity contribution is 9.47. The molecule has 1 aromatic carbocycles. The van der Waals surface area contributed by atoms with Crippen molar-refractivity contribution in [2.24, 2.45) is 0 Å². The molecule has 0 fully saturated rings. The SMILES string of the molecule is COc1c(C(C)(C)C)c[c]cc1C(C)(C)C.[Br][Mg][Br]. The van der Waals surface area contributed by atoms with Crippen LogP contribution in [0.5, 0.6) is 5.75 Å². The van der Waals surface area contributed by atoms with Crippen molar-refractivity contribution in [2.45, 2.75) is 52.4 Å². The zero-order valence-electron chi connectivity index (χ0n) is 13.0. The molecule has 0 saturated carbocycles. The third-order valence-corrected chi connectivity index (χ3v) is 2.76. The largest absolute Gasteiger partial charge is 0.560 e. The van der Waals surface area contributed by atoms with Gasteiger partial charge in [0.2, 0.25) is 0 Å². The molecule has 4 heteroatoms. The molecule has 1 nitrogen and oxygen atoms in total. The van der Waals surface area contributed by atoms with E-state index in [-0.39, 0.29) is 26.9 Å². The molecule has 0 aliphatic heterocycles. The van der Waals surface area contributed by atoms with E-state index in [1.165, 1.54) is 11.1 Å². The van der Waals surface area contributed by atoms with E-state index in [1.54, 1.807) is 7.11 Å². The second kappa shape index (κ2) is 8.25. The molecule has 0 N–H and O–H groups in total. The summed E-state index contributed by atoms with van der Waals surface area (Å²) < 4.78 is 5.61. The first-order valence-electron chi connectivity index (χ1n) is 6.30. The summed E-state index contributed by atoms with van der Waals surface area (Å²) in [4.78, 5) is 0. The summed E-state index contributed by atoms with van der Waals surface area (Å²) in [5.74, 6) is 1.01.